The van der Waals surface area contributed by atoms with Crippen LogP contribution in [0.2, 0.25) is 0 Å². The van der Waals surface area contributed by atoms with Gasteiger partial charge in [0.25, 0.3) is 0 Å². The summed E-state index contributed by atoms with van der Waals surface area (Å²) in [6, 6.07) is 35.4. The Balaban J connectivity index is 1.76. The zero-order chi connectivity index (χ0) is 29.5. The van der Waals surface area contributed by atoms with E-state index in [0.29, 0.717) is 0 Å². The monoisotopic (exact) mass is 544 g/mol. The molecule has 0 aliphatic rings. The van der Waals surface area contributed by atoms with Crippen molar-refractivity contribution in [3.63, 3.8) is 0 Å². The van der Waals surface area contributed by atoms with Gasteiger partial charge in [-0.1, -0.05) is 66.8 Å². The molecular formula is C37H44N4. The van der Waals surface area contributed by atoms with E-state index in [1.165, 1.54) is 50.6 Å². The molecule has 0 saturated carbocycles. The van der Waals surface area contributed by atoms with Crippen LogP contribution in [-0.4, -0.2) is 56.4 Å². The molecule has 0 amide bonds. The summed E-state index contributed by atoms with van der Waals surface area (Å²) in [4.78, 5) is 8.54. The Labute approximate surface area is 247 Å². The van der Waals surface area contributed by atoms with E-state index in [1.54, 1.807) is 0 Å². The molecule has 4 heteroatoms. The first-order valence-corrected chi connectivity index (χ1v) is 14.1. The molecule has 0 N–H and O–H groups in total. The van der Waals surface area contributed by atoms with E-state index < -0.39 is 0 Å². The van der Waals surface area contributed by atoms with Crippen LogP contribution in [0.25, 0.3) is 5.57 Å². The van der Waals surface area contributed by atoms with Crippen molar-refractivity contribution in [2.45, 2.75) is 5.92 Å². The van der Waals surface area contributed by atoms with E-state index in [9.17, 15) is 0 Å². The van der Waals surface area contributed by atoms with E-state index in [1.807, 2.05) is 0 Å². The highest BCUT2D eigenvalue weighted by Gasteiger charge is 2.13. The largest absolute Gasteiger partial charge is 0.378 e. The third-order valence-electron chi connectivity index (χ3n) is 7.49. The molecule has 0 fully saturated rings. The molecule has 0 aliphatic carbocycles. The summed E-state index contributed by atoms with van der Waals surface area (Å²) in [5.41, 5.74) is 10.9. The van der Waals surface area contributed by atoms with Crippen LogP contribution in [0, 0.1) is 0 Å². The summed E-state index contributed by atoms with van der Waals surface area (Å²) in [5.74, 6) is 0.132. The topological polar surface area (TPSA) is 13.0 Å². The van der Waals surface area contributed by atoms with E-state index in [0.717, 1.165) is 0 Å². The van der Waals surface area contributed by atoms with Gasteiger partial charge in [-0.15, -0.1) is 0 Å². The van der Waals surface area contributed by atoms with E-state index in [4.69, 9.17) is 0 Å². The predicted octanol–water partition coefficient (Wildman–Crippen LogP) is 7.77. The quantitative estimate of drug-likeness (QED) is 0.189. The second kappa shape index (κ2) is 13.3. The smallest absolute Gasteiger partial charge is 0.0361 e. The van der Waals surface area contributed by atoms with Gasteiger partial charge in [0.15, 0.2) is 0 Å². The summed E-state index contributed by atoms with van der Waals surface area (Å²) in [6.07, 6.45) is 6.79. The predicted molar refractivity (Wildman–Crippen MR) is 181 cm³/mol. The Morgan fingerprint density at radius 1 is 0.439 bits per heavy atom. The van der Waals surface area contributed by atoms with E-state index in [2.05, 4.69) is 191 Å². The van der Waals surface area contributed by atoms with Crippen LogP contribution < -0.4 is 19.6 Å². The summed E-state index contributed by atoms with van der Waals surface area (Å²) >= 11 is 0. The zero-order valence-corrected chi connectivity index (χ0v) is 25.8. The van der Waals surface area contributed by atoms with Crippen LogP contribution in [0.4, 0.5) is 22.7 Å². The molecular weight excluding hydrogens is 500 g/mol. The van der Waals surface area contributed by atoms with Gasteiger partial charge >= 0.3 is 0 Å². The van der Waals surface area contributed by atoms with Gasteiger partial charge in [0.05, 0.1) is 0 Å². The van der Waals surface area contributed by atoms with Crippen molar-refractivity contribution < 1.29 is 0 Å². The number of allylic oxidation sites excluding steroid dienone is 3. The lowest BCUT2D eigenvalue weighted by Crippen LogP contribution is -2.09. The highest BCUT2D eigenvalue weighted by molar-refractivity contribution is 5.82. The normalized spacial score (nSPS) is 11.0. The molecule has 0 aliphatic heterocycles. The Morgan fingerprint density at radius 2 is 0.732 bits per heavy atom. The lowest BCUT2D eigenvalue weighted by Gasteiger charge is -2.19. The molecule has 212 valence electrons. The zero-order valence-electron chi connectivity index (χ0n) is 25.8. The fourth-order valence-corrected chi connectivity index (χ4v) is 4.87. The number of rotatable bonds is 10. The number of hydrogen-bond donors (Lipinski definition) is 0. The molecule has 0 saturated heterocycles. The van der Waals surface area contributed by atoms with Crippen molar-refractivity contribution in [1.29, 1.82) is 0 Å². The fraction of sp³-hybridized carbons (Fsp3) is 0.243. The minimum Gasteiger partial charge on any atom is -0.378 e. The molecule has 0 atom stereocenters. The van der Waals surface area contributed by atoms with Gasteiger partial charge in [0.1, 0.15) is 0 Å². The van der Waals surface area contributed by atoms with Crippen LogP contribution in [0.3, 0.4) is 0 Å². The minimum absolute atomic E-state index is 0.132. The Bertz CT molecular complexity index is 1340. The summed E-state index contributed by atoms with van der Waals surface area (Å²) < 4.78 is 0. The molecule has 0 spiro atoms. The maximum absolute atomic E-state index is 2.32. The standard InChI is InChI=1S/C37H44N4/c1-38(2)32-20-12-28(13-21-32)36(29-14-22-33(23-15-29)39(3)4)10-9-11-37(30-16-24-34(25-17-30)40(5)6)31-18-26-35(27-19-31)41(7)8/h9-27,36H,1-8H3/b10-9+. The van der Waals surface area contributed by atoms with Crippen LogP contribution in [0.1, 0.15) is 28.2 Å². The first-order chi connectivity index (χ1) is 19.6. The molecule has 0 radical (unpaired) electrons. The lowest BCUT2D eigenvalue weighted by molar-refractivity contribution is 1.02. The molecule has 4 rings (SSSR count). The molecule has 0 unspecified atom stereocenters. The Kier molecular flexibility index (Phi) is 9.57. The summed E-state index contributed by atoms with van der Waals surface area (Å²) in [7, 11) is 16.6. The Hall–Kier alpha value is -4.44. The fourth-order valence-electron chi connectivity index (χ4n) is 4.87. The second-order valence-electron chi connectivity index (χ2n) is 11.3. The minimum atomic E-state index is 0.132. The number of anilines is 4. The van der Waals surface area contributed by atoms with Gasteiger partial charge in [0, 0.05) is 85.0 Å². The van der Waals surface area contributed by atoms with Crippen molar-refractivity contribution in [3.8, 4) is 0 Å². The van der Waals surface area contributed by atoms with Crippen molar-refractivity contribution in [1.82, 2.24) is 0 Å². The van der Waals surface area contributed by atoms with Crippen LogP contribution >= 0.6 is 0 Å². The molecule has 41 heavy (non-hydrogen) atoms. The number of benzene rings is 4. The van der Waals surface area contributed by atoms with Gasteiger partial charge in [0.2, 0.25) is 0 Å². The van der Waals surface area contributed by atoms with Crippen molar-refractivity contribution in [2.75, 3.05) is 76.0 Å². The SMILES string of the molecule is CN(C)c1ccc(C(=C/C=C/C(c2ccc(N(C)C)cc2)c2ccc(N(C)C)cc2)c2ccc(N(C)C)cc2)cc1. The van der Waals surface area contributed by atoms with Crippen LogP contribution in [0.5, 0.6) is 0 Å². The first-order valence-electron chi connectivity index (χ1n) is 14.1. The maximum atomic E-state index is 2.32. The van der Waals surface area contributed by atoms with Gasteiger partial charge in [-0.2, -0.15) is 0 Å². The molecule has 4 nitrogen and oxygen atoms in total. The van der Waals surface area contributed by atoms with Crippen molar-refractivity contribution in [3.05, 3.63) is 138 Å². The second-order valence-corrected chi connectivity index (χ2v) is 11.3. The maximum Gasteiger partial charge on any atom is 0.0361 e. The highest BCUT2D eigenvalue weighted by atomic mass is 15.1. The lowest BCUT2D eigenvalue weighted by atomic mass is 9.90. The van der Waals surface area contributed by atoms with Crippen LogP contribution in [-0.2, 0) is 0 Å². The third-order valence-corrected chi connectivity index (χ3v) is 7.49. The molecule has 4 aromatic rings. The van der Waals surface area contributed by atoms with Gasteiger partial charge < -0.3 is 19.6 Å². The van der Waals surface area contributed by atoms with Crippen molar-refractivity contribution >= 4 is 28.3 Å². The van der Waals surface area contributed by atoms with E-state index in [-0.39, 0.29) is 5.92 Å². The Morgan fingerprint density at radius 3 is 1.02 bits per heavy atom. The number of nitrogens with zero attached hydrogens (tertiary/aromatic N) is 4. The molecule has 0 aromatic heterocycles. The summed E-state index contributed by atoms with van der Waals surface area (Å²) in [5, 5.41) is 0. The molecule has 0 heterocycles. The third kappa shape index (κ3) is 7.40. The first kappa shape index (κ1) is 29.5. The summed E-state index contributed by atoms with van der Waals surface area (Å²) in [6.45, 7) is 0. The average molecular weight is 545 g/mol. The van der Waals surface area contributed by atoms with Crippen molar-refractivity contribution in [2.24, 2.45) is 0 Å². The number of hydrogen-bond acceptors (Lipinski definition) is 4. The molecule has 0 bridgehead atoms. The van der Waals surface area contributed by atoms with E-state index >= 15 is 0 Å². The van der Waals surface area contributed by atoms with Gasteiger partial charge in [-0.3, -0.25) is 0 Å². The van der Waals surface area contributed by atoms with Gasteiger partial charge in [-0.05, 0) is 76.4 Å². The van der Waals surface area contributed by atoms with Crippen LogP contribution in [0.15, 0.2) is 115 Å². The van der Waals surface area contributed by atoms with Gasteiger partial charge in [-0.25, -0.2) is 0 Å². The molecule has 4 aromatic carbocycles. The highest BCUT2D eigenvalue weighted by Crippen LogP contribution is 2.31. The average Bonchev–Trinajstić information content (AvgIpc) is 2.97.